The van der Waals surface area contributed by atoms with Gasteiger partial charge < -0.3 is 10.1 Å². The number of nitrogens with one attached hydrogen (secondary N) is 1. The van der Waals surface area contributed by atoms with E-state index in [4.69, 9.17) is 4.74 Å². The van der Waals surface area contributed by atoms with Gasteiger partial charge >= 0.3 is 0 Å². The zero-order valence-electron chi connectivity index (χ0n) is 12.3. The number of rotatable bonds is 6. The van der Waals surface area contributed by atoms with Crippen LogP contribution in [0.25, 0.3) is 0 Å². The second-order valence-corrected chi connectivity index (χ2v) is 6.18. The minimum Gasteiger partial charge on any atom is -0.377 e. The number of hydrogen-bond acceptors (Lipinski definition) is 3. The van der Waals surface area contributed by atoms with Gasteiger partial charge in [-0.05, 0) is 51.6 Å². The van der Waals surface area contributed by atoms with E-state index >= 15 is 0 Å². The largest absolute Gasteiger partial charge is 0.377 e. The van der Waals surface area contributed by atoms with Gasteiger partial charge in [0.15, 0.2) is 0 Å². The van der Waals surface area contributed by atoms with E-state index in [0.29, 0.717) is 12.1 Å². The summed E-state index contributed by atoms with van der Waals surface area (Å²) in [6.45, 7) is 11.1. The molecule has 1 aliphatic heterocycles. The van der Waals surface area contributed by atoms with E-state index in [0.717, 1.165) is 25.1 Å². The summed E-state index contributed by atoms with van der Waals surface area (Å²) in [5.74, 6) is 0.868. The van der Waals surface area contributed by atoms with Crippen LogP contribution in [0.4, 0.5) is 0 Å². The van der Waals surface area contributed by atoms with Crippen LogP contribution in [0.1, 0.15) is 46.5 Å². The van der Waals surface area contributed by atoms with Gasteiger partial charge in [-0.1, -0.05) is 13.8 Å². The van der Waals surface area contributed by atoms with Gasteiger partial charge in [0.2, 0.25) is 0 Å². The average molecular weight is 254 g/mol. The zero-order valence-corrected chi connectivity index (χ0v) is 12.3. The molecule has 2 rings (SSSR count). The van der Waals surface area contributed by atoms with Crippen molar-refractivity contribution in [3.8, 4) is 0 Å². The van der Waals surface area contributed by atoms with Crippen LogP contribution in [0, 0.1) is 5.92 Å². The number of piperidine rings is 1. The zero-order chi connectivity index (χ0) is 13.0. The van der Waals surface area contributed by atoms with Crippen molar-refractivity contribution < 1.29 is 4.74 Å². The van der Waals surface area contributed by atoms with E-state index in [1.165, 1.54) is 38.8 Å². The summed E-state index contributed by atoms with van der Waals surface area (Å²) in [6.07, 6.45) is 5.85. The van der Waals surface area contributed by atoms with Crippen molar-refractivity contribution in [2.75, 3.05) is 26.2 Å². The van der Waals surface area contributed by atoms with Crippen LogP contribution in [-0.4, -0.2) is 49.3 Å². The molecule has 0 bridgehead atoms. The molecule has 3 nitrogen and oxygen atoms in total. The van der Waals surface area contributed by atoms with Crippen molar-refractivity contribution in [3.05, 3.63) is 0 Å². The molecular formula is C15H30N2O. The molecule has 1 heterocycles. The first-order valence-electron chi connectivity index (χ1n) is 7.79. The van der Waals surface area contributed by atoms with Gasteiger partial charge in [0, 0.05) is 25.2 Å². The first kappa shape index (κ1) is 14.3. The highest BCUT2D eigenvalue weighted by atomic mass is 16.5. The molecule has 1 aliphatic carbocycles. The molecule has 0 amide bonds. The maximum absolute atomic E-state index is 5.81. The molecule has 0 radical (unpaired) electrons. The van der Waals surface area contributed by atoms with Gasteiger partial charge in [-0.25, -0.2) is 0 Å². The Hall–Kier alpha value is -0.120. The van der Waals surface area contributed by atoms with Gasteiger partial charge in [-0.3, -0.25) is 4.90 Å². The van der Waals surface area contributed by atoms with Crippen LogP contribution in [-0.2, 0) is 4.74 Å². The molecule has 3 atom stereocenters. The topological polar surface area (TPSA) is 24.5 Å². The lowest BCUT2D eigenvalue weighted by Gasteiger charge is -2.47. The van der Waals surface area contributed by atoms with Gasteiger partial charge in [0.05, 0.1) is 6.10 Å². The summed E-state index contributed by atoms with van der Waals surface area (Å²) < 4.78 is 5.81. The molecule has 0 aromatic carbocycles. The van der Waals surface area contributed by atoms with Gasteiger partial charge in [0.1, 0.15) is 0 Å². The number of hydrogen-bond donors (Lipinski definition) is 1. The third-order valence-electron chi connectivity index (χ3n) is 4.45. The highest BCUT2D eigenvalue weighted by molar-refractivity contribution is 4.92. The second kappa shape index (κ2) is 6.88. The fourth-order valence-corrected chi connectivity index (χ4v) is 3.30. The maximum Gasteiger partial charge on any atom is 0.0702 e. The highest BCUT2D eigenvalue weighted by Gasteiger charge is 2.37. The fourth-order valence-electron chi connectivity index (χ4n) is 3.30. The Labute approximate surface area is 112 Å². The Balaban J connectivity index is 1.76. The van der Waals surface area contributed by atoms with Crippen LogP contribution in [0.3, 0.4) is 0 Å². The van der Waals surface area contributed by atoms with E-state index < -0.39 is 0 Å². The molecule has 0 spiro atoms. The van der Waals surface area contributed by atoms with Crippen LogP contribution in [0.5, 0.6) is 0 Å². The van der Waals surface area contributed by atoms with Gasteiger partial charge in [-0.2, -0.15) is 0 Å². The molecule has 0 aromatic heterocycles. The van der Waals surface area contributed by atoms with Crippen LogP contribution in [0.15, 0.2) is 0 Å². The smallest absolute Gasteiger partial charge is 0.0702 e. The third-order valence-corrected chi connectivity index (χ3v) is 4.45. The standard InChI is InChI=1S/C15H30N2O/c1-4-18-14-6-5-9-17(11-14)15-8-7-13(15)10-16-12(2)3/h12-16H,4-11H2,1-3H3. The quantitative estimate of drug-likeness (QED) is 0.787. The molecular weight excluding hydrogens is 224 g/mol. The van der Waals surface area contributed by atoms with Crippen LogP contribution >= 0.6 is 0 Å². The summed E-state index contributed by atoms with van der Waals surface area (Å²) in [5, 5.41) is 3.59. The predicted octanol–water partition coefficient (Wildman–Crippen LogP) is 2.26. The first-order chi connectivity index (χ1) is 8.70. The molecule has 3 unspecified atom stereocenters. The molecule has 2 fully saturated rings. The summed E-state index contributed by atoms with van der Waals surface area (Å²) in [7, 11) is 0. The number of ether oxygens (including phenoxy) is 1. The van der Waals surface area contributed by atoms with Gasteiger partial charge in [0.25, 0.3) is 0 Å². The molecule has 1 N–H and O–H groups in total. The summed E-state index contributed by atoms with van der Waals surface area (Å²) in [5.41, 5.74) is 0. The molecule has 1 saturated carbocycles. The Morgan fingerprint density at radius 2 is 2.11 bits per heavy atom. The summed E-state index contributed by atoms with van der Waals surface area (Å²) in [4.78, 5) is 2.69. The summed E-state index contributed by atoms with van der Waals surface area (Å²) in [6, 6.07) is 1.43. The lowest BCUT2D eigenvalue weighted by molar-refractivity contribution is -0.0362. The van der Waals surface area contributed by atoms with Crippen molar-refractivity contribution in [2.24, 2.45) is 5.92 Å². The van der Waals surface area contributed by atoms with Crippen molar-refractivity contribution >= 4 is 0 Å². The van der Waals surface area contributed by atoms with Gasteiger partial charge in [-0.15, -0.1) is 0 Å². The normalized spacial score (nSPS) is 33.7. The Morgan fingerprint density at radius 1 is 1.28 bits per heavy atom. The minimum absolute atomic E-state index is 0.489. The van der Waals surface area contributed by atoms with E-state index in [9.17, 15) is 0 Å². The predicted molar refractivity (Wildman–Crippen MR) is 75.9 cm³/mol. The molecule has 106 valence electrons. The molecule has 3 heteroatoms. The monoisotopic (exact) mass is 254 g/mol. The third kappa shape index (κ3) is 3.69. The highest BCUT2D eigenvalue weighted by Crippen LogP contribution is 2.33. The average Bonchev–Trinajstić information content (AvgIpc) is 2.28. The Bertz CT molecular complexity index is 243. The maximum atomic E-state index is 5.81. The van der Waals surface area contributed by atoms with Crippen molar-refractivity contribution in [2.45, 2.75) is 64.6 Å². The van der Waals surface area contributed by atoms with Crippen molar-refractivity contribution in [1.82, 2.24) is 10.2 Å². The molecule has 0 aromatic rings. The SMILES string of the molecule is CCOC1CCCN(C2CCC2CNC(C)C)C1. The van der Waals surface area contributed by atoms with E-state index in [1.807, 2.05) is 0 Å². The van der Waals surface area contributed by atoms with Crippen molar-refractivity contribution in [1.29, 1.82) is 0 Å². The van der Waals surface area contributed by atoms with Crippen LogP contribution < -0.4 is 5.32 Å². The lowest BCUT2D eigenvalue weighted by atomic mass is 9.77. The molecule has 1 saturated heterocycles. The van der Waals surface area contributed by atoms with E-state index in [1.54, 1.807) is 0 Å². The minimum atomic E-state index is 0.489. The first-order valence-corrected chi connectivity index (χ1v) is 7.79. The lowest BCUT2D eigenvalue weighted by Crippen LogP contribution is -2.55. The van der Waals surface area contributed by atoms with Crippen molar-refractivity contribution in [3.63, 3.8) is 0 Å². The molecule has 2 aliphatic rings. The Kier molecular flexibility index (Phi) is 5.46. The Morgan fingerprint density at radius 3 is 2.72 bits per heavy atom. The van der Waals surface area contributed by atoms with E-state index in [2.05, 4.69) is 31.0 Å². The molecule has 18 heavy (non-hydrogen) atoms. The number of nitrogens with zero attached hydrogens (tertiary/aromatic N) is 1. The summed E-state index contributed by atoms with van der Waals surface area (Å²) >= 11 is 0. The fraction of sp³-hybridized carbons (Fsp3) is 1.00. The van der Waals surface area contributed by atoms with E-state index in [-0.39, 0.29) is 0 Å². The van der Waals surface area contributed by atoms with Crippen LogP contribution in [0.2, 0.25) is 0 Å². The number of likely N-dealkylation sites (tertiary alicyclic amines) is 1. The second-order valence-electron chi connectivity index (χ2n) is 6.18.